The van der Waals surface area contributed by atoms with E-state index in [9.17, 15) is 8.42 Å². The van der Waals surface area contributed by atoms with Gasteiger partial charge < -0.3 is 4.42 Å². The summed E-state index contributed by atoms with van der Waals surface area (Å²) < 4.78 is 30.9. The highest BCUT2D eigenvalue weighted by molar-refractivity contribution is 7.90. The van der Waals surface area contributed by atoms with Crippen molar-refractivity contribution < 1.29 is 12.8 Å². The number of nitrogens with one attached hydrogen (secondary N) is 1. The van der Waals surface area contributed by atoms with E-state index in [1.165, 1.54) is 0 Å². The summed E-state index contributed by atoms with van der Waals surface area (Å²) >= 11 is 0. The zero-order chi connectivity index (χ0) is 13.1. The maximum absolute atomic E-state index is 11.7. The fraction of sp³-hybridized carbons (Fsp3) is 0.600. The third-order valence-electron chi connectivity index (χ3n) is 2.39. The van der Waals surface area contributed by atoms with Crippen LogP contribution in [0, 0.1) is 25.2 Å². The molecule has 0 radical (unpaired) electrons. The van der Waals surface area contributed by atoms with Crippen LogP contribution in [0.2, 0.25) is 0 Å². The lowest BCUT2D eigenvalue weighted by molar-refractivity contribution is 0.462. The number of hydrogen-bond donors (Lipinski definition) is 1. The average Bonchev–Trinajstić information content (AvgIpc) is 2.57. The Morgan fingerprint density at radius 3 is 2.59 bits per heavy atom. The number of aryl methyl sites for hydroxylation is 2. The van der Waals surface area contributed by atoms with Gasteiger partial charge in [-0.25, -0.2) is 18.1 Å². The highest BCUT2D eigenvalue weighted by Gasteiger charge is 2.23. The number of oxazole rings is 1. The van der Waals surface area contributed by atoms with Gasteiger partial charge in [-0.05, 0) is 20.3 Å². The van der Waals surface area contributed by atoms with E-state index >= 15 is 0 Å². The molecule has 0 spiro atoms. The van der Waals surface area contributed by atoms with Gasteiger partial charge in [-0.2, -0.15) is 5.26 Å². The molecule has 0 aliphatic rings. The van der Waals surface area contributed by atoms with Crippen LogP contribution in [0.3, 0.4) is 0 Å². The van der Waals surface area contributed by atoms with Gasteiger partial charge in [-0.3, -0.25) is 0 Å². The minimum Gasteiger partial charge on any atom is -0.444 e. The Morgan fingerprint density at radius 2 is 2.18 bits per heavy atom. The summed E-state index contributed by atoms with van der Waals surface area (Å²) in [6.07, 6.45) is 0.246. The van der Waals surface area contributed by atoms with E-state index < -0.39 is 15.3 Å². The van der Waals surface area contributed by atoms with Crippen molar-refractivity contribution in [3.8, 4) is 6.07 Å². The maximum atomic E-state index is 11.7. The lowest BCUT2D eigenvalue weighted by Crippen LogP contribution is -2.32. The first kappa shape index (κ1) is 13.7. The molecule has 17 heavy (non-hydrogen) atoms. The molecule has 0 aliphatic heterocycles. The first-order chi connectivity index (χ1) is 7.90. The van der Waals surface area contributed by atoms with E-state index in [0.717, 1.165) is 5.69 Å². The standard InChI is InChI=1S/C10H15N3O3S/c1-4-9(5-11)17(14,15)12-6-10-13-7(2)8(3)16-10/h9,12H,4,6H2,1-3H3. The zero-order valence-electron chi connectivity index (χ0n) is 10.0. The third kappa shape index (κ3) is 3.28. The van der Waals surface area contributed by atoms with E-state index in [-0.39, 0.29) is 13.0 Å². The molecule has 0 saturated heterocycles. The second kappa shape index (κ2) is 5.29. The molecule has 1 aromatic rings. The second-order valence-corrected chi connectivity index (χ2v) is 5.59. The monoisotopic (exact) mass is 257 g/mol. The number of aromatic nitrogens is 1. The van der Waals surface area contributed by atoms with Gasteiger partial charge in [0, 0.05) is 0 Å². The summed E-state index contributed by atoms with van der Waals surface area (Å²) in [7, 11) is -3.64. The summed E-state index contributed by atoms with van der Waals surface area (Å²) in [6, 6.07) is 1.74. The number of nitrogens with zero attached hydrogens (tertiary/aromatic N) is 2. The minimum atomic E-state index is -3.64. The zero-order valence-corrected chi connectivity index (χ0v) is 10.8. The van der Waals surface area contributed by atoms with Gasteiger partial charge in [0.2, 0.25) is 15.9 Å². The van der Waals surface area contributed by atoms with Gasteiger partial charge in [-0.1, -0.05) is 6.92 Å². The molecule has 0 fully saturated rings. The van der Waals surface area contributed by atoms with Crippen LogP contribution in [-0.4, -0.2) is 18.7 Å². The fourth-order valence-corrected chi connectivity index (χ4v) is 2.36. The Bertz CT molecular complexity index is 508. The van der Waals surface area contributed by atoms with Gasteiger partial charge in [0.15, 0.2) is 5.25 Å². The molecular weight excluding hydrogens is 242 g/mol. The van der Waals surface area contributed by atoms with Crippen LogP contribution in [0.1, 0.15) is 30.7 Å². The Hall–Kier alpha value is -1.39. The van der Waals surface area contributed by atoms with Gasteiger partial charge in [0.25, 0.3) is 0 Å². The van der Waals surface area contributed by atoms with E-state index in [0.29, 0.717) is 11.7 Å². The van der Waals surface area contributed by atoms with E-state index in [1.54, 1.807) is 26.8 Å². The lowest BCUT2D eigenvalue weighted by Gasteiger charge is -2.07. The second-order valence-electron chi connectivity index (χ2n) is 3.64. The maximum Gasteiger partial charge on any atom is 0.228 e. The third-order valence-corrected chi connectivity index (χ3v) is 4.12. The Balaban J connectivity index is 2.71. The van der Waals surface area contributed by atoms with Crippen molar-refractivity contribution in [2.24, 2.45) is 0 Å². The number of nitriles is 1. The first-order valence-electron chi connectivity index (χ1n) is 5.21. The van der Waals surface area contributed by atoms with Crippen molar-refractivity contribution in [1.29, 1.82) is 5.26 Å². The predicted octanol–water partition coefficient (Wildman–Crippen LogP) is 1.01. The Kier molecular flexibility index (Phi) is 4.26. The van der Waals surface area contributed by atoms with Crippen LogP contribution >= 0.6 is 0 Å². The molecule has 1 heterocycles. The molecular formula is C10H15N3O3S. The fourth-order valence-electron chi connectivity index (χ4n) is 1.26. The van der Waals surface area contributed by atoms with Crippen molar-refractivity contribution >= 4 is 10.0 Å². The topological polar surface area (TPSA) is 96.0 Å². The Labute approximate surface area is 101 Å². The van der Waals surface area contributed by atoms with Gasteiger partial charge in [0.05, 0.1) is 18.3 Å². The van der Waals surface area contributed by atoms with Crippen LogP contribution in [0.4, 0.5) is 0 Å². The molecule has 0 amide bonds. The van der Waals surface area contributed by atoms with Crippen LogP contribution in [0.5, 0.6) is 0 Å². The van der Waals surface area contributed by atoms with Gasteiger partial charge in [0.1, 0.15) is 5.76 Å². The summed E-state index contributed by atoms with van der Waals surface area (Å²) in [5, 5.41) is 7.66. The molecule has 1 atom stereocenters. The van der Waals surface area contributed by atoms with Crippen LogP contribution in [-0.2, 0) is 16.6 Å². The molecule has 1 aromatic heterocycles. The van der Waals surface area contributed by atoms with Crippen LogP contribution in [0.15, 0.2) is 4.42 Å². The van der Waals surface area contributed by atoms with Crippen molar-refractivity contribution in [2.45, 2.75) is 39.0 Å². The number of rotatable bonds is 5. The van der Waals surface area contributed by atoms with Crippen molar-refractivity contribution in [2.75, 3.05) is 0 Å². The molecule has 0 aliphatic carbocycles. The Morgan fingerprint density at radius 1 is 1.53 bits per heavy atom. The molecule has 1 N–H and O–H groups in total. The van der Waals surface area contributed by atoms with Crippen LogP contribution in [0.25, 0.3) is 0 Å². The number of sulfonamides is 1. The molecule has 0 bridgehead atoms. The van der Waals surface area contributed by atoms with Gasteiger partial charge in [-0.15, -0.1) is 0 Å². The largest absolute Gasteiger partial charge is 0.444 e. The lowest BCUT2D eigenvalue weighted by atomic mass is 10.4. The summed E-state index contributed by atoms with van der Waals surface area (Å²) in [5.74, 6) is 0.961. The molecule has 0 saturated carbocycles. The highest BCUT2D eigenvalue weighted by Crippen LogP contribution is 2.09. The normalized spacial score (nSPS) is 13.3. The van der Waals surface area contributed by atoms with Crippen molar-refractivity contribution in [1.82, 2.24) is 9.71 Å². The summed E-state index contributed by atoms with van der Waals surface area (Å²) in [4.78, 5) is 4.05. The molecule has 0 aromatic carbocycles. The highest BCUT2D eigenvalue weighted by atomic mass is 32.2. The molecule has 1 rings (SSSR count). The van der Waals surface area contributed by atoms with Crippen LogP contribution < -0.4 is 4.72 Å². The molecule has 7 heteroatoms. The van der Waals surface area contributed by atoms with Crippen molar-refractivity contribution in [3.05, 3.63) is 17.3 Å². The summed E-state index contributed by atoms with van der Waals surface area (Å²) in [6.45, 7) is 5.15. The number of hydrogen-bond acceptors (Lipinski definition) is 5. The smallest absolute Gasteiger partial charge is 0.228 e. The van der Waals surface area contributed by atoms with E-state index in [1.807, 2.05) is 0 Å². The molecule has 1 unspecified atom stereocenters. The van der Waals surface area contributed by atoms with Crippen molar-refractivity contribution in [3.63, 3.8) is 0 Å². The molecule has 6 nitrogen and oxygen atoms in total. The SMILES string of the molecule is CCC(C#N)S(=O)(=O)NCc1nc(C)c(C)o1. The average molecular weight is 257 g/mol. The summed E-state index contributed by atoms with van der Waals surface area (Å²) in [5.41, 5.74) is 0.728. The predicted molar refractivity (Wildman–Crippen MR) is 61.4 cm³/mol. The van der Waals surface area contributed by atoms with E-state index in [2.05, 4.69) is 9.71 Å². The first-order valence-corrected chi connectivity index (χ1v) is 6.76. The van der Waals surface area contributed by atoms with E-state index in [4.69, 9.17) is 9.68 Å². The quantitative estimate of drug-likeness (QED) is 0.849. The minimum absolute atomic E-state index is 0.0325. The molecule has 94 valence electrons. The van der Waals surface area contributed by atoms with Gasteiger partial charge >= 0.3 is 0 Å².